The lowest BCUT2D eigenvalue weighted by Gasteiger charge is -2.19. The molecule has 2 aromatic carbocycles. The normalized spacial score (nSPS) is 10.5. The highest BCUT2D eigenvalue weighted by atomic mass is 16.5. The van der Waals surface area contributed by atoms with Gasteiger partial charge >= 0.3 is 0 Å². The van der Waals surface area contributed by atoms with Crippen LogP contribution in [0.4, 0.5) is 0 Å². The first-order valence-corrected chi connectivity index (χ1v) is 9.04. The molecule has 28 heavy (non-hydrogen) atoms. The highest BCUT2D eigenvalue weighted by Crippen LogP contribution is 2.30. The number of benzene rings is 2. The summed E-state index contributed by atoms with van der Waals surface area (Å²) in [6.45, 7) is 4.72. The van der Waals surface area contributed by atoms with Crippen molar-refractivity contribution in [2.24, 2.45) is 0 Å². The molecule has 144 valence electrons. The van der Waals surface area contributed by atoms with Crippen molar-refractivity contribution < 1.29 is 14.3 Å². The summed E-state index contributed by atoms with van der Waals surface area (Å²) in [5.41, 5.74) is 3.43. The summed E-state index contributed by atoms with van der Waals surface area (Å²) in [4.78, 5) is 18.8. The Morgan fingerprint density at radius 2 is 1.79 bits per heavy atom. The van der Waals surface area contributed by atoms with Gasteiger partial charge in [-0.15, -0.1) is 0 Å². The van der Waals surface area contributed by atoms with E-state index in [1.54, 1.807) is 32.4 Å². The van der Waals surface area contributed by atoms with Crippen LogP contribution < -0.4 is 9.47 Å². The Balaban J connectivity index is 1.66. The zero-order valence-corrected chi connectivity index (χ0v) is 16.4. The van der Waals surface area contributed by atoms with E-state index in [-0.39, 0.29) is 5.91 Å². The Hall–Kier alpha value is -3.34. The van der Waals surface area contributed by atoms with Crippen LogP contribution >= 0.6 is 0 Å². The smallest absolute Gasteiger partial charge is 0.253 e. The highest BCUT2D eigenvalue weighted by Gasteiger charge is 2.13. The third-order valence-electron chi connectivity index (χ3n) is 4.74. The van der Waals surface area contributed by atoms with Crippen molar-refractivity contribution in [2.45, 2.75) is 6.42 Å². The molecular formula is C23H24N2O3. The van der Waals surface area contributed by atoms with Crippen molar-refractivity contribution in [1.82, 2.24) is 9.88 Å². The summed E-state index contributed by atoms with van der Waals surface area (Å²) in [6, 6.07) is 15.1. The fourth-order valence-corrected chi connectivity index (χ4v) is 3.03. The van der Waals surface area contributed by atoms with Gasteiger partial charge in [-0.1, -0.05) is 18.7 Å². The number of fused-ring (bicyclic) bond motifs is 1. The molecule has 5 heteroatoms. The molecule has 0 aliphatic heterocycles. The van der Waals surface area contributed by atoms with Gasteiger partial charge in [0.1, 0.15) is 0 Å². The van der Waals surface area contributed by atoms with E-state index >= 15 is 0 Å². The van der Waals surface area contributed by atoms with Gasteiger partial charge in [0.15, 0.2) is 11.5 Å². The molecule has 0 aliphatic rings. The minimum absolute atomic E-state index is 0.0223. The fraction of sp³-hybridized carbons (Fsp3) is 0.217. The molecule has 0 aliphatic carbocycles. The highest BCUT2D eigenvalue weighted by molar-refractivity contribution is 5.97. The maximum Gasteiger partial charge on any atom is 0.253 e. The number of rotatable bonds is 7. The molecule has 0 fully saturated rings. The minimum Gasteiger partial charge on any atom is -0.493 e. The third-order valence-corrected chi connectivity index (χ3v) is 4.74. The molecule has 0 atom stereocenters. The zero-order chi connectivity index (χ0) is 20.1. The summed E-state index contributed by atoms with van der Waals surface area (Å²) < 4.78 is 10.6. The topological polar surface area (TPSA) is 51.7 Å². The van der Waals surface area contributed by atoms with Crippen molar-refractivity contribution in [3.05, 3.63) is 72.4 Å². The van der Waals surface area contributed by atoms with Gasteiger partial charge < -0.3 is 14.4 Å². The Labute approximate surface area is 165 Å². The number of carbonyl (C=O) groups excluding carboxylic acids is 1. The van der Waals surface area contributed by atoms with Crippen molar-refractivity contribution in [1.29, 1.82) is 0 Å². The number of pyridine rings is 1. The number of aromatic nitrogens is 1. The van der Waals surface area contributed by atoms with Crippen LogP contribution in [0.1, 0.15) is 22.3 Å². The van der Waals surface area contributed by atoms with Gasteiger partial charge in [0, 0.05) is 30.7 Å². The zero-order valence-electron chi connectivity index (χ0n) is 16.4. The van der Waals surface area contributed by atoms with Crippen LogP contribution in [0, 0.1) is 0 Å². The van der Waals surface area contributed by atoms with Gasteiger partial charge in [-0.2, -0.15) is 0 Å². The van der Waals surface area contributed by atoms with Crippen molar-refractivity contribution in [3.63, 3.8) is 0 Å². The molecule has 0 saturated heterocycles. The molecule has 1 amide bonds. The average Bonchev–Trinajstić information content (AvgIpc) is 2.75. The standard InChI is InChI=1S/C23H24N2O3/c1-16(17-8-10-21(27-3)22(15-17)28-4)11-13-25(2)23(26)19-7-9-20-18(14-19)6-5-12-24-20/h5-10,12,14-15H,1,11,13H2,2-4H3. The number of nitrogens with zero attached hydrogens (tertiary/aromatic N) is 2. The number of amides is 1. The SMILES string of the molecule is C=C(CCN(C)C(=O)c1ccc2ncccc2c1)c1ccc(OC)c(OC)c1. The maximum atomic E-state index is 12.8. The molecule has 0 radical (unpaired) electrons. The Morgan fingerprint density at radius 3 is 2.54 bits per heavy atom. The van der Waals surface area contributed by atoms with Gasteiger partial charge in [0.05, 0.1) is 19.7 Å². The van der Waals surface area contributed by atoms with Gasteiger partial charge in [-0.25, -0.2) is 0 Å². The van der Waals surface area contributed by atoms with E-state index < -0.39 is 0 Å². The second kappa shape index (κ2) is 8.57. The molecule has 0 unspecified atom stereocenters. The average molecular weight is 376 g/mol. The predicted molar refractivity (Wildman–Crippen MR) is 112 cm³/mol. The largest absolute Gasteiger partial charge is 0.493 e. The second-order valence-electron chi connectivity index (χ2n) is 6.56. The van der Waals surface area contributed by atoms with Crippen LogP contribution in [0.5, 0.6) is 11.5 Å². The van der Waals surface area contributed by atoms with Crippen LogP contribution in [0.25, 0.3) is 16.5 Å². The lowest BCUT2D eigenvalue weighted by Crippen LogP contribution is -2.27. The van der Waals surface area contributed by atoms with E-state index in [0.717, 1.165) is 22.0 Å². The monoisotopic (exact) mass is 376 g/mol. The molecule has 1 heterocycles. The van der Waals surface area contributed by atoms with Crippen LogP contribution in [-0.4, -0.2) is 43.6 Å². The molecule has 5 nitrogen and oxygen atoms in total. The van der Waals surface area contributed by atoms with Crippen LogP contribution in [0.2, 0.25) is 0 Å². The van der Waals surface area contributed by atoms with Gasteiger partial charge in [-0.05, 0) is 54.0 Å². The quantitative estimate of drug-likeness (QED) is 0.612. The lowest BCUT2D eigenvalue weighted by atomic mass is 10.0. The number of hydrogen-bond acceptors (Lipinski definition) is 4. The van der Waals surface area contributed by atoms with Crippen molar-refractivity contribution in [2.75, 3.05) is 27.8 Å². The molecule has 0 N–H and O–H groups in total. The second-order valence-corrected chi connectivity index (χ2v) is 6.56. The predicted octanol–water partition coefficient (Wildman–Crippen LogP) is 4.43. The van der Waals surface area contributed by atoms with E-state index in [4.69, 9.17) is 9.47 Å². The van der Waals surface area contributed by atoms with Crippen molar-refractivity contribution >= 4 is 22.4 Å². The number of carbonyl (C=O) groups is 1. The molecular weight excluding hydrogens is 352 g/mol. The molecule has 0 saturated carbocycles. The van der Waals surface area contributed by atoms with E-state index in [2.05, 4.69) is 11.6 Å². The lowest BCUT2D eigenvalue weighted by molar-refractivity contribution is 0.0798. The number of methoxy groups -OCH3 is 2. The first kappa shape index (κ1) is 19.4. The van der Waals surface area contributed by atoms with E-state index in [9.17, 15) is 4.79 Å². The molecule has 0 spiro atoms. The first-order chi connectivity index (χ1) is 13.5. The fourth-order valence-electron chi connectivity index (χ4n) is 3.03. The number of ether oxygens (including phenoxy) is 2. The van der Waals surface area contributed by atoms with Gasteiger partial charge in [-0.3, -0.25) is 9.78 Å². The Bertz CT molecular complexity index is 1010. The van der Waals surface area contributed by atoms with Gasteiger partial charge in [0.25, 0.3) is 5.91 Å². The van der Waals surface area contributed by atoms with Crippen LogP contribution in [-0.2, 0) is 0 Å². The molecule has 1 aromatic heterocycles. The van der Waals surface area contributed by atoms with E-state index in [1.165, 1.54) is 0 Å². The van der Waals surface area contributed by atoms with E-state index in [1.807, 2.05) is 48.5 Å². The van der Waals surface area contributed by atoms with Gasteiger partial charge in [0.2, 0.25) is 0 Å². The minimum atomic E-state index is -0.0223. The number of hydrogen-bond donors (Lipinski definition) is 0. The summed E-state index contributed by atoms with van der Waals surface area (Å²) in [6.07, 6.45) is 2.41. The van der Waals surface area contributed by atoms with E-state index in [0.29, 0.717) is 30.0 Å². The molecule has 3 aromatic rings. The summed E-state index contributed by atoms with van der Waals surface area (Å²) in [5, 5.41) is 0.955. The molecule has 3 rings (SSSR count). The maximum absolute atomic E-state index is 12.8. The Morgan fingerprint density at radius 1 is 1.04 bits per heavy atom. The summed E-state index contributed by atoms with van der Waals surface area (Å²) >= 11 is 0. The summed E-state index contributed by atoms with van der Waals surface area (Å²) in [5.74, 6) is 1.32. The summed E-state index contributed by atoms with van der Waals surface area (Å²) in [7, 11) is 5.02. The molecule has 0 bridgehead atoms. The first-order valence-electron chi connectivity index (χ1n) is 9.04. The third kappa shape index (κ3) is 4.14. The van der Waals surface area contributed by atoms with Crippen LogP contribution in [0.15, 0.2) is 61.3 Å². The Kier molecular flexibility index (Phi) is 5.94. The van der Waals surface area contributed by atoms with Crippen molar-refractivity contribution in [3.8, 4) is 11.5 Å². The van der Waals surface area contributed by atoms with Crippen LogP contribution in [0.3, 0.4) is 0 Å².